The van der Waals surface area contributed by atoms with Gasteiger partial charge >= 0.3 is 16.2 Å². The standard InChI is InChI=1S/C37H46N6O7S/c1-22(44)43-25-17-41(18-26(43)20-50-19-25)36(46)38-37-16-31(37)30-15-27(49-4)11-13-28(30)34-33(23-8-6-5-7-9-23)29-12-10-24(14-32(29)42(34)21-37)35(45)39-51(47,48)40(2)3/h10-15,23,25-26,31H,5-9,16-21H2,1-4H3,(H,38,46)(H,39,45). The van der Waals surface area contributed by atoms with Gasteiger partial charge in [-0.15, -0.1) is 0 Å². The minimum atomic E-state index is -4.00. The molecule has 4 fully saturated rings. The molecule has 2 aliphatic carbocycles. The average molecular weight is 719 g/mol. The van der Waals surface area contributed by atoms with E-state index in [1.807, 2.05) is 21.9 Å². The van der Waals surface area contributed by atoms with Crippen LogP contribution in [0.5, 0.6) is 5.75 Å². The van der Waals surface area contributed by atoms with Crippen LogP contribution in [0, 0.1) is 0 Å². The van der Waals surface area contributed by atoms with Crippen molar-refractivity contribution in [2.24, 2.45) is 0 Å². The molecule has 4 amide bonds. The summed E-state index contributed by atoms with van der Waals surface area (Å²) in [6, 6.07) is 11.1. The van der Waals surface area contributed by atoms with Gasteiger partial charge < -0.3 is 29.2 Å². The number of methoxy groups -OCH3 is 1. The number of aromatic nitrogens is 1. The zero-order valence-corrected chi connectivity index (χ0v) is 30.4. The average Bonchev–Trinajstić information content (AvgIpc) is 3.74. The molecule has 14 heteroatoms. The second-order valence-electron chi connectivity index (χ2n) is 15.1. The fraction of sp³-hybridized carbons (Fsp3) is 0.541. The summed E-state index contributed by atoms with van der Waals surface area (Å²) in [5, 5.41) is 4.52. The largest absolute Gasteiger partial charge is 0.497 e. The SMILES string of the molecule is COc1ccc2c(c1)C1CC1(NC(=O)N1CC3COCC(C1)N3C(C)=O)Cn1c-2c(C2CCCCC2)c2ccc(C(=O)NS(=O)(=O)N(C)C)cc21. The summed E-state index contributed by atoms with van der Waals surface area (Å²) in [5.74, 6) is 0.389. The molecule has 0 radical (unpaired) electrons. The van der Waals surface area contributed by atoms with E-state index in [-0.39, 0.29) is 35.5 Å². The van der Waals surface area contributed by atoms with E-state index in [4.69, 9.17) is 9.47 Å². The third-order valence-electron chi connectivity index (χ3n) is 11.8. The molecule has 5 aliphatic rings. The zero-order valence-electron chi connectivity index (χ0n) is 29.6. The van der Waals surface area contributed by atoms with E-state index in [2.05, 4.69) is 26.7 Å². The van der Waals surface area contributed by atoms with Gasteiger partial charge in [-0.3, -0.25) is 9.59 Å². The maximum atomic E-state index is 14.2. The zero-order chi connectivity index (χ0) is 35.8. The molecule has 2 aromatic carbocycles. The predicted octanol–water partition coefficient (Wildman–Crippen LogP) is 3.78. The number of nitrogens with zero attached hydrogens (tertiary/aromatic N) is 4. The summed E-state index contributed by atoms with van der Waals surface area (Å²) in [5.41, 5.74) is 5.02. The van der Waals surface area contributed by atoms with E-state index in [9.17, 15) is 22.8 Å². The molecule has 2 saturated carbocycles. The van der Waals surface area contributed by atoms with E-state index in [0.29, 0.717) is 38.8 Å². The minimum Gasteiger partial charge on any atom is -0.497 e. The lowest BCUT2D eigenvalue weighted by atomic mass is 9.81. The van der Waals surface area contributed by atoms with Crippen molar-refractivity contribution < 1.29 is 32.3 Å². The van der Waals surface area contributed by atoms with Gasteiger partial charge in [-0.2, -0.15) is 12.7 Å². The van der Waals surface area contributed by atoms with Crippen LogP contribution in [0.25, 0.3) is 22.2 Å². The van der Waals surface area contributed by atoms with Crippen LogP contribution in [0.15, 0.2) is 36.4 Å². The number of amides is 4. The lowest BCUT2D eigenvalue weighted by molar-refractivity contribution is -0.150. The Hall–Kier alpha value is -4.14. The van der Waals surface area contributed by atoms with Crippen LogP contribution >= 0.6 is 0 Å². The van der Waals surface area contributed by atoms with Crippen molar-refractivity contribution in [2.45, 2.75) is 81.5 Å². The fourth-order valence-corrected chi connectivity index (χ4v) is 9.73. The summed E-state index contributed by atoms with van der Waals surface area (Å²) in [6.07, 6.45) is 6.33. The number of fused-ring (bicyclic) bond motifs is 9. The van der Waals surface area contributed by atoms with Crippen molar-refractivity contribution in [2.75, 3.05) is 47.5 Å². The van der Waals surface area contributed by atoms with Gasteiger partial charge in [0, 0.05) is 68.6 Å². The molecule has 4 atom stereocenters. The fourth-order valence-electron chi connectivity index (χ4n) is 9.20. The van der Waals surface area contributed by atoms with Gasteiger partial charge in [-0.25, -0.2) is 9.52 Å². The maximum absolute atomic E-state index is 14.2. The van der Waals surface area contributed by atoms with Gasteiger partial charge in [-0.05, 0) is 66.6 Å². The first-order valence-corrected chi connectivity index (χ1v) is 19.4. The molecular weight excluding hydrogens is 673 g/mol. The van der Waals surface area contributed by atoms with Gasteiger partial charge in [0.1, 0.15) is 5.75 Å². The summed E-state index contributed by atoms with van der Waals surface area (Å²) >= 11 is 0. The van der Waals surface area contributed by atoms with Crippen LogP contribution in [-0.4, -0.2) is 110 Å². The number of carbonyl (C=O) groups excluding carboxylic acids is 3. The quantitative estimate of drug-likeness (QED) is 0.395. The third kappa shape index (κ3) is 5.75. The van der Waals surface area contributed by atoms with E-state index >= 15 is 0 Å². The van der Waals surface area contributed by atoms with Crippen LogP contribution in [-0.2, 0) is 26.3 Å². The highest BCUT2D eigenvalue weighted by Crippen LogP contribution is 2.60. The highest BCUT2D eigenvalue weighted by Gasteiger charge is 2.59. The Balaban J connectivity index is 1.23. The van der Waals surface area contributed by atoms with E-state index in [1.165, 1.54) is 26.1 Å². The minimum absolute atomic E-state index is 0.00307. The molecule has 272 valence electrons. The Kier molecular flexibility index (Phi) is 8.34. The summed E-state index contributed by atoms with van der Waals surface area (Å²) in [7, 11) is 0.410. The number of benzene rings is 2. The van der Waals surface area contributed by atoms with E-state index in [0.717, 1.165) is 69.9 Å². The Morgan fingerprint density at radius 3 is 2.39 bits per heavy atom. The molecule has 4 unspecified atom stereocenters. The molecule has 0 spiro atoms. The lowest BCUT2D eigenvalue weighted by Crippen LogP contribution is -2.68. The third-order valence-corrected chi connectivity index (χ3v) is 13.2. The van der Waals surface area contributed by atoms with Crippen LogP contribution < -0.4 is 14.8 Å². The van der Waals surface area contributed by atoms with Crippen LogP contribution in [0.4, 0.5) is 4.79 Å². The number of rotatable bonds is 6. The normalized spacial score (nSPS) is 25.8. The number of ether oxygens (including phenoxy) is 2. The Morgan fingerprint density at radius 2 is 1.73 bits per heavy atom. The first-order valence-electron chi connectivity index (χ1n) is 17.9. The number of nitrogens with one attached hydrogen (secondary N) is 2. The van der Waals surface area contributed by atoms with Gasteiger partial charge in [0.2, 0.25) is 5.91 Å². The lowest BCUT2D eigenvalue weighted by Gasteiger charge is -2.49. The molecule has 3 aromatic rings. The van der Waals surface area contributed by atoms with Gasteiger partial charge in [0.15, 0.2) is 0 Å². The predicted molar refractivity (Wildman–Crippen MR) is 191 cm³/mol. The Morgan fingerprint density at radius 1 is 1.00 bits per heavy atom. The van der Waals surface area contributed by atoms with Crippen LogP contribution in [0.3, 0.4) is 0 Å². The van der Waals surface area contributed by atoms with Crippen LogP contribution in [0.1, 0.15) is 78.8 Å². The molecule has 2 saturated heterocycles. The molecule has 13 nitrogen and oxygen atoms in total. The van der Waals surface area contributed by atoms with Crippen molar-refractivity contribution >= 4 is 39.0 Å². The smallest absolute Gasteiger partial charge is 0.318 e. The number of carbonyl (C=O) groups is 3. The Bertz CT molecular complexity index is 2030. The van der Waals surface area contributed by atoms with Gasteiger partial charge in [0.05, 0.1) is 43.6 Å². The highest BCUT2D eigenvalue weighted by molar-refractivity contribution is 7.87. The number of piperazine rings is 1. The number of morpholine rings is 1. The molecular formula is C37H46N6O7S. The van der Waals surface area contributed by atoms with Gasteiger partial charge in [0.25, 0.3) is 5.91 Å². The molecule has 8 rings (SSSR count). The second-order valence-corrected chi connectivity index (χ2v) is 17.0. The molecule has 3 aliphatic heterocycles. The first kappa shape index (κ1) is 34.0. The Labute approximate surface area is 298 Å². The van der Waals surface area contributed by atoms with E-state index < -0.39 is 21.7 Å². The summed E-state index contributed by atoms with van der Waals surface area (Å²) in [4.78, 5) is 43.8. The van der Waals surface area contributed by atoms with E-state index in [1.54, 1.807) is 26.2 Å². The summed E-state index contributed by atoms with van der Waals surface area (Å²) < 4.78 is 42.1. The maximum Gasteiger partial charge on any atom is 0.318 e. The number of hydrogen-bond acceptors (Lipinski definition) is 7. The van der Waals surface area contributed by atoms with Gasteiger partial charge in [-0.1, -0.05) is 25.3 Å². The summed E-state index contributed by atoms with van der Waals surface area (Å²) in [6.45, 7) is 3.63. The molecule has 4 heterocycles. The topological polar surface area (TPSA) is 143 Å². The first-order chi connectivity index (χ1) is 24.4. The molecule has 2 bridgehead atoms. The van der Waals surface area contributed by atoms with Crippen molar-refractivity contribution in [3.8, 4) is 17.0 Å². The number of hydrogen-bond donors (Lipinski definition) is 2. The molecule has 1 aromatic heterocycles. The number of urea groups is 1. The second kappa shape index (κ2) is 12.5. The van der Waals surface area contributed by atoms with Crippen molar-refractivity contribution in [1.82, 2.24) is 28.7 Å². The molecule has 51 heavy (non-hydrogen) atoms. The van der Waals surface area contributed by atoms with Crippen molar-refractivity contribution in [3.05, 3.63) is 53.1 Å². The van der Waals surface area contributed by atoms with Crippen LogP contribution in [0.2, 0.25) is 0 Å². The highest BCUT2D eigenvalue weighted by atomic mass is 32.2. The van der Waals surface area contributed by atoms with Crippen molar-refractivity contribution in [3.63, 3.8) is 0 Å². The molecule has 2 N–H and O–H groups in total. The monoisotopic (exact) mass is 718 g/mol. The van der Waals surface area contributed by atoms with Crippen molar-refractivity contribution in [1.29, 1.82) is 0 Å².